The van der Waals surface area contributed by atoms with Crippen LogP contribution in [0.2, 0.25) is 5.02 Å². The van der Waals surface area contributed by atoms with E-state index in [1.807, 2.05) is 13.0 Å². The Morgan fingerprint density at radius 2 is 2.09 bits per heavy atom. The summed E-state index contributed by atoms with van der Waals surface area (Å²) in [6, 6.07) is 9.90. The molecular formula is C17H17ClFNO2. The Hall–Kier alpha value is -2.07. The SMILES string of the molecule is CCC(=O)Nc1cccc(F)c1COc1ccc(C)cc1Cl. The highest BCUT2D eigenvalue weighted by Crippen LogP contribution is 2.28. The van der Waals surface area contributed by atoms with E-state index in [4.69, 9.17) is 16.3 Å². The molecule has 0 saturated carbocycles. The molecule has 0 radical (unpaired) electrons. The van der Waals surface area contributed by atoms with Gasteiger partial charge in [-0.1, -0.05) is 30.7 Å². The highest BCUT2D eigenvalue weighted by Gasteiger charge is 2.12. The molecule has 116 valence electrons. The average molecular weight is 322 g/mol. The fourth-order valence-corrected chi connectivity index (χ4v) is 2.22. The van der Waals surface area contributed by atoms with Gasteiger partial charge >= 0.3 is 0 Å². The maximum atomic E-state index is 14.0. The van der Waals surface area contributed by atoms with Crippen molar-refractivity contribution >= 4 is 23.2 Å². The number of hydrogen-bond donors (Lipinski definition) is 1. The van der Waals surface area contributed by atoms with Gasteiger partial charge < -0.3 is 10.1 Å². The summed E-state index contributed by atoms with van der Waals surface area (Å²) in [5.74, 6) is -0.138. The Kier molecular flexibility index (Phi) is 5.39. The van der Waals surface area contributed by atoms with Gasteiger partial charge in [-0.3, -0.25) is 4.79 Å². The maximum Gasteiger partial charge on any atom is 0.224 e. The van der Waals surface area contributed by atoms with E-state index >= 15 is 0 Å². The lowest BCUT2D eigenvalue weighted by molar-refractivity contribution is -0.115. The second-order valence-corrected chi connectivity index (χ2v) is 5.30. The van der Waals surface area contributed by atoms with Crippen LogP contribution in [0.25, 0.3) is 0 Å². The molecule has 1 N–H and O–H groups in total. The summed E-state index contributed by atoms with van der Waals surface area (Å²) in [4.78, 5) is 11.5. The van der Waals surface area contributed by atoms with E-state index in [-0.39, 0.29) is 12.5 Å². The predicted molar refractivity (Wildman–Crippen MR) is 85.8 cm³/mol. The molecule has 0 spiro atoms. The molecule has 0 fully saturated rings. The number of hydrogen-bond acceptors (Lipinski definition) is 2. The number of ether oxygens (including phenoxy) is 1. The van der Waals surface area contributed by atoms with Crippen LogP contribution in [-0.4, -0.2) is 5.91 Å². The normalized spacial score (nSPS) is 10.4. The minimum absolute atomic E-state index is 0.0191. The molecule has 5 heteroatoms. The van der Waals surface area contributed by atoms with E-state index in [1.54, 1.807) is 31.2 Å². The highest BCUT2D eigenvalue weighted by atomic mass is 35.5. The number of carbonyl (C=O) groups is 1. The van der Waals surface area contributed by atoms with E-state index < -0.39 is 5.82 Å². The monoisotopic (exact) mass is 321 g/mol. The van der Waals surface area contributed by atoms with E-state index in [2.05, 4.69) is 5.32 Å². The number of halogens is 2. The second kappa shape index (κ2) is 7.27. The summed E-state index contributed by atoms with van der Waals surface area (Å²) in [7, 11) is 0. The summed E-state index contributed by atoms with van der Waals surface area (Å²) in [5, 5.41) is 3.14. The zero-order valence-corrected chi connectivity index (χ0v) is 13.2. The Labute approximate surface area is 134 Å². The Balaban J connectivity index is 2.19. The van der Waals surface area contributed by atoms with E-state index in [9.17, 15) is 9.18 Å². The number of carbonyl (C=O) groups excluding carboxylic acids is 1. The topological polar surface area (TPSA) is 38.3 Å². The maximum absolute atomic E-state index is 14.0. The van der Waals surface area contributed by atoms with Gasteiger partial charge in [0.25, 0.3) is 0 Å². The van der Waals surface area contributed by atoms with Crippen LogP contribution in [0.3, 0.4) is 0 Å². The van der Waals surface area contributed by atoms with Crippen molar-refractivity contribution in [3.63, 3.8) is 0 Å². The summed E-state index contributed by atoms with van der Waals surface area (Å²) in [5.41, 5.74) is 1.72. The standard InChI is InChI=1S/C17H17ClFNO2/c1-3-17(21)20-15-6-4-5-14(19)12(15)10-22-16-8-7-11(2)9-13(16)18/h4-9H,3,10H2,1-2H3,(H,20,21). The fourth-order valence-electron chi connectivity index (χ4n) is 1.93. The lowest BCUT2D eigenvalue weighted by Gasteiger charge is -2.13. The third kappa shape index (κ3) is 3.98. The van der Waals surface area contributed by atoms with Gasteiger partial charge in [-0.25, -0.2) is 4.39 Å². The van der Waals surface area contributed by atoms with Crippen LogP contribution in [0.1, 0.15) is 24.5 Å². The third-order valence-electron chi connectivity index (χ3n) is 3.17. The second-order valence-electron chi connectivity index (χ2n) is 4.89. The summed E-state index contributed by atoms with van der Waals surface area (Å²) < 4.78 is 19.6. The van der Waals surface area contributed by atoms with Crippen LogP contribution in [0, 0.1) is 12.7 Å². The van der Waals surface area contributed by atoms with Gasteiger partial charge in [0.2, 0.25) is 5.91 Å². The van der Waals surface area contributed by atoms with E-state index in [0.29, 0.717) is 28.4 Å². The Morgan fingerprint density at radius 3 is 2.77 bits per heavy atom. The summed E-state index contributed by atoms with van der Waals surface area (Å²) in [6.07, 6.45) is 0.320. The summed E-state index contributed by atoms with van der Waals surface area (Å²) in [6.45, 7) is 3.64. The van der Waals surface area contributed by atoms with Crippen LogP contribution >= 0.6 is 11.6 Å². The average Bonchev–Trinajstić information content (AvgIpc) is 2.48. The number of rotatable bonds is 5. The summed E-state index contributed by atoms with van der Waals surface area (Å²) >= 11 is 6.09. The van der Waals surface area contributed by atoms with Crippen molar-refractivity contribution in [1.82, 2.24) is 0 Å². The molecule has 2 aromatic rings. The van der Waals surface area contributed by atoms with Crippen molar-refractivity contribution in [1.29, 1.82) is 0 Å². The van der Waals surface area contributed by atoms with Gasteiger partial charge in [0, 0.05) is 12.0 Å². The first kappa shape index (κ1) is 16.3. The zero-order valence-electron chi connectivity index (χ0n) is 12.5. The van der Waals surface area contributed by atoms with Crippen LogP contribution in [0.4, 0.5) is 10.1 Å². The minimum Gasteiger partial charge on any atom is -0.487 e. The molecule has 0 saturated heterocycles. The number of aryl methyl sites for hydroxylation is 1. The van der Waals surface area contributed by atoms with Gasteiger partial charge in [0.1, 0.15) is 18.2 Å². The van der Waals surface area contributed by atoms with Crippen molar-refractivity contribution in [3.05, 3.63) is 58.4 Å². The minimum atomic E-state index is -0.433. The number of nitrogens with one attached hydrogen (secondary N) is 1. The van der Waals surface area contributed by atoms with E-state index in [1.165, 1.54) is 6.07 Å². The van der Waals surface area contributed by atoms with Crippen molar-refractivity contribution in [2.75, 3.05) is 5.32 Å². The first-order chi connectivity index (χ1) is 10.5. The number of benzene rings is 2. The molecule has 0 heterocycles. The van der Waals surface area contributed by atoms with Crippen molar-refractivity contribution in [2.45, 2.75) is 26.9 Å². The largest absolute Gasteiger partial charge is 0.487 e. The van der Waals surface area contributed by atoms with Crippen LogP contribution in [0.5, 0.6) is 5.75 Å². The highest BCUT2D eigenvalue weighted by molar-refractivity contribution is 6.32. The zero-order chi connectivity index (χ0) is 16.1. The fraction of sp³-hybridized carbons (Fsp3) is 0.235. The van der Waals surface area contributed by atoms with E-state index in [0.717, 1.165) is 5.56 Å². The van der Waals surface area contributed by atoms with Gasteiger partial charge in [-0.2, -0.15) is 0 Å². The van der Waals surface area contributed by atoms with Crippen molar-refractivity contribution in [2.24, 2.45) is 0 Å². The molecule has 0 aliphatic rings. The van der Waals surface area contributed by atoms with Gasteiger partial charge in [0.15, 0.2) is 0 Å². The smallest absolute Gasteiger partial charge is 0.224 e. The lowest BCUT2D eigenvalue weighted by Crippen LogP contribution is -2.13. The number of anilines is 1. The molecule has 2 aromatic carbocycles. The van der Waals surface area contributed by atoms with Crippen LogP contribution < -0.4 is 10.1 Å². The molecule has 1 amide bonds. The van der Waals surface area contributed by atoms with Gasteiger partial charge in [0.05, 0.1) is 10.7 Å². The molecule has 2 rings (SSSR count). The molecular weight excluding hydrogens is 305 g/mol. The molecule has 0 bridgehead atoms. The van der Waals surface area contributed by atoms with Crippen LogP contribution in [0.15, 0.2) is 36.4 Å². The van der Waals surface area contributed by atoms with Crippen molar-refractivity contribution in [3.8, 4) is 5.75 Å². The molecule has 0 aliphatic carbocycles. The molecule has 0 aliphatic heterocycles. The van der Waals surface area contributed by atoms with Crippen molar-refractivity contribution < 1.29 is 13.9 Å². The van der Waals surface area contributed by atoms with Gasteiger partial charge in [-0.05, 0) is 36.8 Å². The molecule has 0 unspecified atom stereocenters. The Bertz CT molecular complexity index is 688. The number of amides is 1. The third-order valence-corrected chi connectivity index (χ3v) is 3.47. The quantitative estimate of drug-likeness (QED) is 0.865. The predicted octanol–water partition coefficient (Wildman–Crippen LogP) is 4.72. The molecule has 0 atom stereocenters. The molecule has 0 aromatic heterocycles. The lowest BCUT2D eigenvalue weighted by atomic mass is 10.1. The van der Waals surface area contributed by atoms with Crippen LogP contribution in [-0.2, 0) is 11.4 Å². The van der Waals surface area contributed by atoms with Gasteiger partial charge in [-0.15, -0.1) is 0 Å². The first-order valence-corrected chi connectivity index (χ1v) is 7.35. The molecule has 3 nitrogen and oxygen atoms in total. The first-order valence-electron chi connectivity index (χ1n) is 6.97. The molecule has 22 heavy (non-hydrogen) atoms. The Morgan fingerprint density at radius 1 is 1.32 bits per heavy atom.